The molecule has 1 fully saturated rings. The second kappa shape index (κ2) is 16.5. The molecule has 6 N–H and O–H groups in total. The molecule has 1 aromatic heterocycles. The van der Waals surface area contributed by atoms with Crippen LogP contribution < -0.4 is 14.9 Å². The SMILES string of the molecule is COc1cc(-c2cc(=O)c3c(O)cc(O[C@@H]4O[C@H](COC(=O)C=Cc5ccc(O)cc5)[C@@H](O)[C@H](OC(=O)C=Cc5ccc(O)cc5)[C@H]4O)cc3o2)ccc1O. The molecule has 0 spiro atoms. The zero-order valence-corrected chi connectivity index (χ0v) is 28.8. The van der Waals surface area contributed by atoms with Crippen LogP contribution in [0.15, 0.2) is 106 Å². The summed E-state index contributed by atoms with van der Waals surface area (Å²) in [6.07, 6.45) is -3.51. The van der Waals surface area contributed by atoms with Crippen LogP contribution in [0.5, 0.6) is 34.5 Å². The average molecular weight is 755 g/mol. The highest BCUT2D eigenvalue weighted by Crippen LogP contribution is 2.36. The van der Waals surface area contributed by atoms with Crippen molar-refractivity contribution in [3.63, 3.8) is 0 Å². The smallest absolute Gasteiger partial charge is 0.331 e. The van der Waals surface area contributed by atoms with E-state index < -0.39 is 60.4 Å². The molecule has 0 bridgehead atoms. The summed E-state index contributed by atoms with van der Waals surface area (Å²) in [4.78, 5) is 38.5. The molecule has 1 saturated heterocycles. The van der Waals surface area contributed by atoms with E-state index in [0.717, 1.165) is 24.3 Å². The van der Waals surface area contributed by atoms with Gasteiger partial charge in [-0.05, 0) is 65.7 Å². The van der Waals surface area contributed by atoms with Crippen molar-refractivity contribution >= 4 is 35.1 Å². The van der Waals surface area contributed by atoms with Gasteiger partial charge < -0.3 is 58.7 Å². The van der Waals surface area contributed by atoms with Crippen molar-refractivity contribution in [1.29, 1.82) is 0 Å². The molecule has 55 heavy (non-hydrogen) atoms. The van der Waals surface area contributed by atoms with Gasteiger partial charge in [-0.25, -0.2) is 9.59 Å². The zero-order chi connectivity index (χ0) is 39.2. The Morgan fingerprint density at radius 3 is 2.04 bits per heavy atom. The molecule has 0 saturated carbocycles. The lowest BCUT2D eigenvalue weighted by molar-refractivity contribution is -0.281. The molecular formula is C40H34O15. The van der Waals surface area contributed by atoms with Gasteiger partial charge in [-0.1, -0.05) is 24.3 Å². The molecule has 5 atom stereocenters. The van der Waals surface area contributed by atoms with Crippen molar-refractivity contribution in [1.82, 2.24) is 0 Å². The van der Waals surface area contributed by atoms with Crippen molar-refractivity contribution < 1.29 is 68.3 Å². The number of phenolic OH excluding ortho intramolecular Hbond substituents is 4. The third-order valence-electron chi connectivity index (χ3n) is 8.39. The molecule has 6 rings (SSSR count). The lowest BCUT2D eigenvalue weighted by Crippen LogP contribution is -2.61. The molecule has 4 aromatic carbocycles. The fourth-order valence-corrected chi connectivity index (χ4v) is 5.58. The number of fused-ring (bicyclic) bond motifs is 1. The van der Waals surface area contributed by atoms with Crippen LogP contribution in [0.2, 0.25) is 0 Å². The number of hydrogen-bond donors (Lipinski definition) is 6. The summed E-state index contributed by atoms with van der Waals surface area (Å²) < 4.78 is 33.5. The molecule has 1 aliphatic rings. The first-order chi connectivity index (χ1) is 26.4. The molecule has 284 valence electrons. The minimum Gasteiger partial charge on any atom is -0.508 e. The highest BCUT2D eigenvalue weighted by atomic mass is 16.7. The standard InChI is InChI=1S/C40H34O15/c1-50-31-16-23(8-13-27(31)43)30-19-29(45)36-28(44)17-26(18-32(36)53-30)52-40-38(49)39(55-35(47)15-7-22-4-11-25(42)12-5-22)37(48)33(54-40)20-51-34(46)14-6-21-2-9-24(41)10-3-21/h2-19,33,37-44,48-49H,20H2,1H3/t33-,37-,38-,39+,40-/m1/s1. The Balaban J connectivity index is 1.25. The highest BCUT2D eigenvalue weighted by Gasteiger charge is 2.48. The Labute approximate surface area is 311 Å². The Morgan fingerprint density at radius 2 is 1.40 bits per heavy atom. The minimum atomic E-state index is -1.86. The van der Waals surface area contributed by atoms with E-state index in [-0.39, 0.29) is 45.5 Å². The fourth-order valence-electron chi connectivity index (χ4n) is 5.58. The number of aliphatic hydroxyl groups excluding tert-OH is 2. The van der Waals surface area contributed by atoms with Gasteiger partial charge in [0.25, 0.3) is 0 Å². The van der Waals surface area contributed by atoms with Crippen LogP contribution in [0, 0.1) is 0 Å². The maximum Gasteiger partial charge on any atom is 0.331 e. The van der Waals surface area contributed by atoms with Gasteiger partial charge in [-0.15, -0.1) is 0 Å². The summed E-state index contributed by atoms with van der Waals surface area (Å²) in [5.74, 6) is -2.46. The summed E-state index contributed by atoms with van der Waals surface area (Å²) in [6, 6.07) is 19.6. The van der Waals surface area contributed by atoms with Gasteiger partial charge in [-0.2, -0.15) is 0 Å². The normalized spacial score (nSPS) is 19.7. The summed E-state index contributed by atoms with van der Waals surface area (Å²) in [5, 5.41) is 62.1. The first-order valence-corrected chi connectivity index (χ1v) is 16.6. The van der Waals surface area contributed by atoms with Gasteiger partial charge in [0, 0.05) is 35.9 Å². The van der Waals surface area contributed by atoms with Crippen LogP contribution in [0.3, 0.4) is 0 Å². The van der Waals surface area contributed by atoms with Gasteiger partial charge in [0.15, 0.2) is 29.1 Å². The number of ether oxygens (including phenoxy) is 5. The highest BCUT2D eigenvalue weighted by molar-refractivity contribution is 5.88. The number of rotatable bonds is 11. The van der Waals surface area contributed by atoms with Gasteiger partial charge in [0.1, 0.15) is 58.5 Å². The number of carbonyl (C=O) groups excluding carboxylic acids is 2. The van der Waals surface area contributed by atoms with Crippen molar-refractivity contribution in [2.45, 2.75) is 30.7 Å². The maximum absolute atomic E-state index is 13.1. The van der Waals surface area contributed by atoms with Gasteiger partial charge in [0.2, 0.25) is 6.29 Å². The quantitative estimate of drug-likeness (QED) is 0.0827. The predicted molar refractivity (Wildman–Crippen MR) is 194 cm³/mol. The summed E-state index contributed by atoms with van der Waals surface area (Å²) in [6.45, 7) is -0.596. The van der Waals surface area contributed by atoms with Gasteiger partial charge in [0.05, 0.1) is 7.11 Å². The lowest BCUT2D eigenvalue weighted by atomic mass is 9.99. The van der Waals surface area contributed by atoms with E-state index in [0.29, 0.717) is 16.7 Å². The van der Waals surface area contributed by atoms with E-state index in [4.69, 9.17) is 28.1 Å². The maximum atomic E-state index is 13.1. The number of methoxy groups -OCH3 is 1. The molecule has 15 nitrogen and oxygen atoms in total. The van der Waals surface area contributed by atoms with Gasteiger partial charge in [-0.3, -0.25) is 4.79 Å². The van der Waals surface area contributed by atoms with Crippen LogP contribution >= 0.6 is 0 Å². The van der Waals surface area contributed by atoms with Crippen LogP contribution in [-0.2, 0) is 23.8 Å². The molecule has 0 unspecified atom stereocenters. The van der Waals surface area contributed by atoms with E-state index in [1.54, 1.807) is 12.1 Å². The molecule has 0 radical (unpaired) electrons. The Hall–Kier alpha value is -6.81. The molecule has 0 amide bonds. The lowest BCUT2D eigenvalue weighted by Gasteiger charge is -2.41. The minimum absolute atomic E-state index is 0.0159. The average Bonchev–Trinajstić information content (AvgIpc) is 3.16. The van der Waals surface area contributed by atoms with Crippen LogP contribution in [0.25, 0.3) is 34.4 Å². The second-order valence-corrected chi connectivity index (χ2v) is 12.2. The molecule has 0 aliphatic carbocycles. The van der Waals surface area contributed by atoms with Crippen molar-refractivity contribution in [3.8, 4) is 45.8 Å². The third kappa shape index (κ3) is 9.05. The first-order valence-electron chi connectivity index (χ1n) is 16.6. The topological polar surface area (TPSA) is 232 Å². The first kappa shape index (κ1) is 37.9. The van der Waals surface area contributed by atoms with Crippen molar-refractivity contribution in [2.24, 2.45) is 0 Å². The number of aromatic hydroxyl groups is 4. The summed E-state index contributed by atoms with van der Waals surface area (Å²) >= 11 is 0. The summed E-state index contributed by atoms with van der Waals surface area (Å²) in [5.41, 5.74) is 0.724. The number of hydrogen-bond acceptors (Lipinski definition) is 15. The largest absolute Gasteiger partial charge is 0.508 e. The Bertz CT molecular complexity index is 2290. The number of phenols is 4. The van der Waals surface area contributed by atoms with E-state index in [2.05, 4.69) is 0 Å². The molecule has 5 aromatic rings. The van der Waals surface area contributed by atoms with E-state index in [1.165, 1.54) is 79.9 Å². The van der Waals surface area contributed by atoms with Crippen molar-refractivity contribution in [2.75, 3.05) is 13.7 Å². The monoisotopic (exact) mass is 754 g/mol. The van der Waals surface area contributed by atoms with Crippen LogP contribution in [0.4, 0.5) is 0 Å². The van der Waals surface area contributed by atoms with Crippen LogP contribution in [-0.4, -0.2) is 87.0 Å². The molecule has 15 heteroatoms. The molecular weight excluding hydrogens is 720 g/mol. The molecule has 1 aliphatic heterocycles. The number of carbonyl (C=O) groups is 2. The number of aliphatic hydroxyl groups is 2. The van der Waals surface area contributed by atoms with E-state index in [1.807, 2.05) is 0 Å². The zero-order valence-electron chi connectivity index (χ0n) is 28.8. The summed E-state index contributed by atoms with van der Waals surface area (Å²) in [7, 11) is 1.35. The number of esters is 2. The Kier molecular flexibility index (Phi) is 11.4. The van der Waals surface area contributed by atoms with E-state index in [9.17, 15) is 45.0 Å². The van der Waals surface area contributed by atoms with E-state index >= 15 is 0 Å². The second-order valence-electron chi connectivity index (χ2n) is 12.2. The third-order valence-corrected chi connectivity index (χ3v) is 8.39. The number of benzene rings is 4. The predicted octanol–water partition coefficient (Wildman–Crippen LogP) is 4.00. The molecule has 2 heterocycles. The van der Waals surface area contributed by atoms with Gasteiger partial charge >= 0.3 is 11.9 Å². The van der Waals surface area contributed by atoms with Crippen LogP contribution in [0.1, 0.15) is 11.1 Å². The Morgan fingerprint density at radius 1 is 0.764 bits per heavy atom. The fraction of sp³-hybridized carbons (Fsp3) is 0.175. The van der Waals surface area contributed by atoms with Crippen molar-refractivity contribution in [3.05, 3.63) is 118 Å².